The number of nitrogens with one attached hydrogen (secondary N) is 4. The zero-order valence-electron chi connectivity index (χ0n) is 43.8. The molecule has 0 fully saturated rings. The van der Waals surface area contributed by atoms with Crippen LogP contribution in [-0.2, 0) is 89.5 Å². The van der Waals surface area contributed by atoms with Gasteiger partial charge in [0, 0.05) is 54.3 Å². The second kappa shape index (κ2) is 27.3. The minimum atomic E-state index is -3.53. The molecule has 2 atom stereocenters. The van der Waals surface area contributed by atoms with Gasteiger partial charge in [-0.3, -0.25) is 24.0 Å². The van der Waals surface area contributed by atoms with Crippen LogP contribution in [0.25, 0.3) is 22.3 Å². The Morgan fingerprint density at radius 3 is 2.30 bits per heavy atom. The molecule has 6 N–H and O–H groups in total. The molecule has 23 heteroatoms. The monoisotopic (exact) mass is 1070 g/mol. The fourth-order valence-corrected chi connectivity index (χ4v) is 10.3. The van der Waals surface area contributed by atoms with Crippen molar-refractivity contribution in [2.24, 2.45) is 5.73 Å². The zero-order valence-corrected chi connectivity index (χ0v) is 44.6. The van der Waals surface area contributed by atoms with E-state index in [0.717, 1.165) is 29.4 Å². The van der Waals surface area contributed by atoms with Crippen LogP contribution in [0.3, 0.4) is 0 Å². The summed E-state index contributed by atoms with van der Waals surface area (Å²) in [5.41, 5.74) is 7.41. The molecule has 6 rings (SSSR count). The first-order chi connectivity index (χ1) is 36.4. The highest BCUT2D eigenvalue weighted by Crippen LogP contribution is 2.42. The first kappa shape index (κ1) is 58.5. The Labute approximate surface area is 442 Å². The predicted molar refractivity (Wildman–Crippen MR) is 281 cm³/mol. The number of pyridine rings is 2. The number of aromatic nitrogens is 2. The number of para-hydroxylation sites is 1. The molecule has 4 heterocycles. The molecule has 4 amide bonds. The van der Waals surface area contributed by atoms with Crippen LogP contribution >= 0.6 is 0 Å². The van der Waals surface area contributed by atoms with E-state index >= 15 is 0 Å². The lowest BCUT2D eigenvalue weighted by Gasteiger charge is -2.35. The van der Waals surface area contributed by atoms with Crippen molar-refractivity contribution in [1.82, 2.24) is 29.8 Å². The first-order valence-electron chi connectivity index (χ1n) is 25.7. The molecule has 0 bridgehead atoms. The lowest BCUT2D eigenvalue weighted by molar-refractivity contribution is -0.175. The highest BCUT2D eigenvalue weighted by Gasteiger charge is 2.51. The molecule has 4 aromatic rings. The second-order valence-electron chi connectivity index (χ2n) is 18.9. The van der Waals surface area contributed by atoms with Gasteiger partial charge in [0.25, 0.3) is 5.56 Å². The van der Waals surface area contributed by atoms with Crippen molar-refractivity contribution in [2.75, 3.05) is 64.2 Å². The average Bonchev–Trinajstić information content (AvgIpc) is 3.84. The van der Waals surface area contributed by atoms with Crippen LogP contribution in [0.15, 0.2) is 59.4 Å². The maximum absolute atomic E-state index is 14.4. The molecule has 2 aromatic carbocycles. The molecule has 76 heavy (non-hydrogen) atoms. The van der Waals surface area contributed by atoms with Crippen molar-refractivity contribution in [3.8, 4) is 11.4 Å². The second-order valence-corrected chi connectivity index (χ2v) is 20.8. The van der Waals surface area contributed by atoms with Crippen LogP contribution in [0.1, 0.15) is 100 Å². The van der Waals surface area contributed by atoms with Gasteiger partial charge in [-0.25, -0.2) is 23.0 Å². The van der Waals surface area contributed by atoms with Gasteiger partial charge in [-0.2, -0.15) is 4.31 Å². The van der Waals surface area contributed by atoms with E-state index in [1.54, 1.807) is 41.8 Å². The van der Waals surface area contributed by atoms with Gasteiger partial charge in [0.2, 0.25) is 39.3 Å². The van der Waals surface area contributed by atoms with Gasteiger partial charge < -0.3 is 55.3 Å². The summed E-state index contributed by atoms with van der Waals surface area (Å²) in [6.07, 6.45) is 3.85. The number of ether oxygens (including phenoxy) is 5. The minimum Gasteiger partial charge on any atom is -0.457 e. The number of cyclic esters (lactones) is 1. The number of carbonyl (C=O) groups excluding carboxylic acids is 6. The number of benzene rings is 2. The summed E-state index contributed by atoms with van der Waals surface area (Å²) in [4.78, 5) is 96.7. The van der Waals surface area contributed by atoms with Gasteiger partial charge in [-0.15, -0.1) is 0 Å². The third-order valence-corrected chi connectivity index (χ3v) is 14.5. The van der Waals surface area contributed by atoms with E-state index in [-0.39, 0.29) is 75.4 Å². The van der Waals surface area contributed by atoms with Crippen molar-refractivity contribution >= 4 is 62.4 Å². The molecule has 2 aromatic heterocycles. The van der Waals surface area contributed by atoms with E-state index in [9.17, 15) is 42.0 Å². The quantitative estimate of drug-likeness (QED) is 0.0337. The average molecular weight is 1080 g/mol. The van der Waals surface area contributed by atoms with Gasteiger partial charge in [0.15, 0.2) is 0 Å². The lowest BCUT2D eigenvalue weighted by Crippen LogP contribution is -2.47. The Morgan fingerprint density at radius 2 is 1.62 bits per heavy atom. The van der Waals surface area contributed by atoms with Gasteiger partial charge >= 0.3 is 12.1 Å². The summed E-state index contributed by atoms with van der Waals surface area (Å²) >= 11 is 0. The van der Waals surface area contributed by atoms with E-state index < -0.39 is 70.3 Å². The normalized spacial score (nSPS) is 15.1. The largest absolute Gasteiger partial charge is 0.510 e. The number of hydrogen-bond donors (Lipinski definition) is 5. The number of amides is 4. The molecule has 0 saturated heterocycles. The number of carbonyl (C=O) groups is 6. The van der Waals surface area contributed by atoms with Gasteiger partial charge in [0.1, 0.15) is 32.5 Å². The molecular formula is C53H70N8O14S. The predicted octanol–water partition coefficient (Wildman–Crippen LogP) is 3.66. The van der Waals surface area contributed by atoms with E-state index in [0.29, 0.717) is 73.5 Å². The zero-order chi connectivity index (χ0) is 55.0. The fraction of sp³-hybridized carbons (Fsp3) is 0.509. The summed E-state index contributed by atoms with van der Waals surface area (Å²) in [6, 6.07) is 14.2. The molecule has 0 saturated carbocycles. The van der Waals surface area contributed by atoms with Crippen molar-refractivity contribution < 1.29 is 60.9 Å². The molecular weight excluding hydrogens is 1000 g/mol. The number of nitrogens with two attached hydrogens (primary N) is 1. The number of nitrogens with zero attached hydrogens (tertiary/aromatic N) is 3. The van der Waals surface area contributed by atoms with Crippen LogP contribution < -0.4 is 32.6 Å². The Kier molecular flexibility index (Phi) is 21.0. The maximum atomic E-state index is 14.4. The van der Waals surface area contributed by atoms with Crippen molar-refractivity contribution in [1.29, 1.82) is 0 Å². The molecule has 412 valence electrons. The molecule has 22 nitrogen and oxygen atoms in total. The highest BCUT2D eigenvalue weighted by atomic mass is 32.2. The van der Waals surface area contributed by atoms with Gasteiger partial charge in [0.05, 0.1) is 48.5 Å². The number of hydrogen-bond acceptors (Lipinski definition) is 16. The van der Waals surface area contributed by atoms with Crippen LogP contribution in [-0.4, -0.2) is 129 Å². The minimum absolute atomic E-state index is 0.0311. The number of unbranched alkanes of at least 4 members (excludes halogenated alkanes) is 2. The van der Waals surface area contributed by atoms with Crippen LogP contribution in [0, 0.1) is 0 Å². The summed E-state index contributed by atoms with van der Waals surface area (Å²) in [5.74, 6) is -2.50. The van der Waals surface area contributed by atoms with E-state index in [1.165, 1.54) is 10.6 Å². The number of anilines is 1. The summed E-state index contributed by atoms with van der Waals surface area (Å²) in [7, 11) is -3.53. The van der Waals surface area contributed by atoms with E-state index in [2.05, 4.69) is 21.3 Å². The molecule has 0 radical (unpaired) electrons. The lowest BCUT2D eigenvalue weighted by atomic mass is 9.85. The Morgan fingerprint density at radius 1 is 0.908 bits per heavy atom. The van der Waals surface area contributed by atoms with E-state index in [4.69, 9.17) is 34.4 Å². The van der Waals surface area contributed by atoms with Crippen LogP contribution in [0.5, 0.6) is 0 Å². The number of rotatable bonds is 29. The Balaban J connectivity index is 1.04. The molecule has 2 aliphatic rings. The fourth-order valence-electron chi connectivity index (χ4n) is 9.15. The van der Waals surface area contributed by atoms with Crippen molar-refractivity contribution in [3.63, 3.8) is 0 Å². The Hall–Kier alpha value is -6.79. The molecule has 0 aliphatic carbocycles. The third-order valence-electron chi connectivity index (χ3n) is 13.1. The summed E-state index contributed by atoms with van der Waals surface area (Å²) in [6.45, 7) is 7.52. The van der Waals surface area contributed by atoms with E-state index in [1.807, 2.05) is 45.0 Å². The van der Waals surface area contributed by atoms with Gasteiger partial charge in [-0.1, -0.05) is 50.6 Å². The van der Waals surface area contributed by atoms with Gasteiger partial charge in [-0.05, 0) is 94.3 Å². The smallest absolute Gasteiger partial charge is 0.457 e. The van der Waals surface area contributed by atoms with Crippen molar-refractivity contribution in [2.45, 2.75) is 117 Å². The Bertz CT molecular complexity index is 2910. The highest BCUT2D eigenvalue weighted by molar-refractivity contribution is 7.88. The number of esters is 1. The number of fused-ring (bicyclic) bond motifs is 5. The first-order valence-corrected chi connectivity index (χ1v) is 27.5. The number of sulfonamides is 1. The standard InChI is InChI=1S/C53H70N8O14S/c1-6-8-16-45(62)55-23-26-71-27-24-56-46(63)32-72-33-47(64)58-43(15-11-12-22-54)49(65)57-36-19-17-35(18-20-36)30-74-52(68)75-53(7-2)41-28-44-48-39(29-60(44)50(66)40(41)31-73-51(53)67)37(38-13-9-10-14-42(38)59-48)21-25-61(34(3)4)76(5,69)70/h9-10,13-14,17-20,28,34,43H,6-8,11-12,15-16,21-27,29-33,54H2,1-5H3,(H,55,62)(H,56,63)(H,57,65)(H,58,64)/t43-,53-/m0/s1. The molecule has 2 aliphatic heterocycles. The molecule has 0 unspecified atom stereocenters. The third kappa shape index (κ3) is 15.0. The van der Waals surface area contributed by atoms with Crippen LogP contribution in [0.2, 0.25) is 0 Å². The van der Waals surface area contributed by atoms with Crippen LogP contribution in [0.4, 0.5) is 10.5 Å². The SMILES string of the molecule is CCCCC(=O)NCCOCCNC(=O)COCC(=O)N[C@@H](CCCCN)C(=O)Nc1ccc(COC(=O)O[C@]2(CC)C(=O)OCc3c2cc2n(c3=O)Cc3c-2nc2ccccc2c3CCN(C(C)C)S(C)(=O)=O)cc1. The topological polar surface area (TPSA) is 295 Å². The van der Waals surface area contributed by atoms with Crippen molar-refractivity contribution in [3.05, 3.63) is 92.8 Å². The maximum Gasteiger partial charge on any atom is 0.510 e. The summed E-state index contributed by atoms with van der Waals surface area (Å²) < 4.78 is 55.9. The molecule has 0 spiro atoms. The summed E-state index contributed by atoms with van der Waals surface area (Å²) in [5, 5.41) is 11.6.